The molecule has 0 aliphatic heterocycles. The first-order valence-electron chi connectivity index (χ1n) is 8.64. The molecule has 158 valence electrons. The van der Waals surface area contributed by atoms with Crippen LogP contribution >= 0.6 is 23.2 Å². The second-order valence-electron chi connectivity index (χ2n) is 6.47. The van der Waals surface area contributed by atoms with Crippen LogP contribution in [-0.4, -0.2) is 18.4 Å². The van der Waals surface area contributed by atoms with Crippen LogP contribution in [0.15, 0.2) is 59.6 Å². The summed E-state index contributed by atoms with van der Waals surface area (Å²) in [5, 5.41) is 0.639. The third-order valence-electron chi connectivity index (χ3n) is 4.41. The van der Waals surface area contributed by atoms with Crippen LogP contribution in [0, 0.1) is 11.6 Å². The Morgan fingerprint density at radius 3 is 2.55 bits per heavy atom. The molecule has 0 spiro atoms. The van der Waals surface area contributed by atoms with E-state index in [1.54, 1.807) is 6.07 Å². The number of nitrogens with zero attached hydrogens (tertiary/aromatic N) is 2. The lowest BCUT2D eigenvalue weighted by molar-refractivity contribution is 0.588. The average Bonchev–Trinajstić information content (AvgIpc) is 2.71. The zero-order valence-electron chi connectivity index (χ0n) is 15.4. The summed E-state index contributed by atoms with van der Waals surface area (Å²) >= 11 is 11.8. The molecule has 0 saturated heterocycles. The average molecular weight is 481 g/mol. The van der Waals surface area contributed by atoms with Crippen LogP contribution in [0.1, 0.15) is 0 Å². The van der Waals surface area contributed by atoms with Gasteiger partial charge in [-0.25, -0.2) is 27.2 Å². The molecule has 0 aliphatic rings. The zero-order valence-corrected chi connectivity index (χ0v) is 17.7. The van der Waals surface area contributed by atoms with E-state index in [4.69, 9.17) is 28.9 Å². The normalized spacial score (nSPS) is 11.6. The SMILES string of the molecule is Nc1ncc2ccc(-c3c(F)ccc(NS(=O)(=O)c4cc(Cl)ccc4Cl)c3F)cc2n1. The molecule has 0 saturated carbocycles. The summed E-state index contributed by atoms with van der Waals surface area (Å²) in [7, 11) is -4.31. The molecule has 3 aromatic carbocycles. The predicted molar refractivity (Wildman–Crippen MR) is 117 cm³/mol. The van der Waals surface area contributed by atoms with Crippen LogP contribution in [0.4, 0.5) is 20.4 Å². The summed E-state index contributed by atoms with van der Waals surface area (Å²) in [5.41, 5.74) is 5.20. The summed E-state index contributed by atoms with van der Waals surface area (Å²) < 4.78 is 57.3. The third kappa shape index (κ3) is 4.12. The lowest BCUT2D eigenvalue weighted by Gasteiger charge is -2.14. The van der Waals surface area contributed by atoms with Crippen molar-refractivity contribution in [2.75, 3.05) is 10.5 Å². The van der Waals surface area contributed by atoms with Crippen LogP contribution in [0.25, 0.3) is 22.0 Å². The van der Waals surface area contributed by atoms with Crippen LogP contribution in [0.3, 0.4) is 0 Å². The molecule has 0 unspecified atom stereocenters. The fraction of sp³-hybridized carbons (Fsp3) is 0. The van der Waals surface area contributed by atoms with E-state index in [-0.39, 0.29) is 26.5 Å². The highest BCUT2D eigenvalue weighted by Crippen LogP contribution is 2.34. The number of nitrogen functional groups attached to an aromatic ring is 1. The minimum absolute atomic E-state index is 0.00510. The van der Waals surface area contributed by atoms with E-state index in [0.717, 1.165) is 18.2 Å². The van der Waals surface area contributed by atoms with Crippen molar-refractivity contribution in [2.45, 2.75) is 4.90 Å². The number of anilines is 2. The van der Waals surface area contributed by atoms with Crippen molar-refractivity contribution in [3.63, 3.8) is 0 Å². The standard InChI is InChI=1S/C20H12Cl2F2N4O2S/c21-12-3-4-13(22)17(8-12)31(29,30)28-15-6-5-14(23)18(19(15)24)10-1-2-11-9-26-20(25)27-16(11)7-10/h1-9,28H,(H2,25,26,27). The Morgan fingerprint density at radius 1 is 1.00 bits per heavy atom. The first kappa shape index (κ1) is 21.2. The zero-order chi connectivity index (χ0) is 22.3. The van der Waals surface area contributed by atoms with Crippen LogP contribution in [-0.2, 0) is 10.0 Å². The fourth-order valence-electron chi connectivity index (χ4n) is 2.97. The molecule has 4 aromatic rings. The summed E-state index contributed by atoms with van der Waals surface area (Å²) in [5.74, 6) is -1.99. The second-order valence-corrected chi connectivity index (χ2v) is 8.96. The van der Waals surface area contributed by atoms with Gasteiger partial charge < -0.3 is 5.73 Å². The number of fused-ring (bicyclic) bond motifs is 1. The molecule has 31 heavy (non-hydrogen) atoms. The van der Waals surface area contributed by atoms with Gasteiger partial charge in [-0.3, -0.25) is 4.72 Å². The van der Waals surface area contributed by atoms with Gasteiger partial charge in [-0.2, -0.15) is 0 Å². The lowest BCUT2D eigenvalue weighted by atomic mass is 10.0. The Bertz CT molecular complexity index is 1450. The highest BCUT2D eigenvalue weighted by molar-refractivity contribution is 7.92. The molecule has 11 heteroatoms. The third-order valence-corrected chi connectivity index (χ3v) is 6.49. The van der Waals surface area contributed by atoms with E-state index in [9.17, 15) is 12.8 Å². The van der Waals surface area contributed by atoms with Gasteiger partial charge in [0, 0.05) is 16.6 Å². The molecule has 0 atom stereocenters. The summed E-state index contributed by atoms with van der Waals surface area (Å²) in [4.78, 5) is 7.56. The monoisotopic (exact) mass is 480 g/mol. The number of sulfonamides is 1. The molecule has 1 aromatic heterocycles. The van der Waals surface area contributed by atoms with Crippen molar-refractivity contribution in [1.82, 2.24) is 9.97 Å². The molecule has 0 amide bonds. The quantitative estimate of drug-likeness (QED) is 0.414. The van der Waals surface area contributed by atoms with Crippen molar-refractivity contribution in [3.05, 3.63) is 76.4 Å². The lowest BCUT2D eigenvalue weighted by Crippen LogP contribution is -2.15. The minimum Gasteiger partial charge on any atom is -0.368 e. The molecule has 0 aliphatic carbocycles. The van der Waals surface area contributed by atoms with Crippen molar-refractivity contribution in [3.8, 4) is 11.1 Å². The van der Waals surface area contributed by atoms with Crippen LogP contribution in [0.2, 0.25) is 10.0 Å². The molecular weight excluding hydrogens is 469 g/mol. The maximum atomic E-state index is 15.2. The summed E-state index contributed by atoms with van der Waals surface area (Å²) in [6, 6.07) is 10.2. The second kappa shape index (κ2) is 7.92. The maximum absolute atomic E-state index is 15.2. The van der Waals surface area contributed by atoms with E-state index >= 15 is 4.39 Å². The number of nitrogens with two attached hydrogens (primary N) is 1. The Morgan fingerprint density at radius 2 is 1.77 bits per heavy atom. The highest BCUT2D eigenvalue weighted by atomic mass is 35.5. The van der Waals surface area contributed by atoms with E-state index in [1.165, 1.54) is 30.5 Å². The number of rotatable bonds is 4. The Labute approximate surface area is 185 Å². The minimum atomic E-state index is -4.31. The van der Waals surface area contributed by atoms with Gasteiger partial charge in [0.1, 0.15) is 10.7 Å². The van der Waals surface area contributed by atoms with Gasteiger partial charge in [0.2, 0.25) is 5.95 Å². The number of nitrogens with one attached hydrogen (secondary N) is 1. The molecule has 6 nitrogen and oxygen atoms in total. The summed E-state index contributed by atoms with van der Waals surface area (Å²) in [6.07, 6.45) is 1.48. The van der Waals surface area contributed by atoms with Crippen molar-refractivity contribution >= 4 is 55.8 Å². The Kier molecular flexibility index (Phi) is 5.42. The van der Waals surface area contributed by atoms with Gasteiger partial charge in [-0.05, 0) is 42.0 Å². The first-order chi connectivity index (χ1) is 14.7. The molecule has 1 heterocycles. The fourth-order valence-corrected chi connectivity index (χ4v) is 4.79. The van der Waals surface area contributed by atoms with Crippen LogP contribution in [0.5, 0.6) is 0 Å². The van der Waals surface area contributed by atoms with E-state index < -0.39 is 32.9 Å². The van der Waals surface area contributed by atoms with Gasteiger partial charge in [-0.15, -0.1) is 0 Å². The van der Waals surface area contributed by atoms with Crippen LogP contribution < -0.4 is 10.5 Å². The first-order valence-corrected chi connectivity index (χ1v) is 10.9. The van der Waals surface area contributed by atoms with E-state index in [1.807, 2.05) is 0 Å². The Balaban J connectivity index is 1.81. The number of halogens is 4. The molecule has 0 bridgehead atoms. The van der Waals surface area contributed by atoms with Gasteiger partial charge in [0.15, 0.2) is 5.82 Å². The van der Waals surface area contributed by atoms with Gasteiger partial charge >= 0.3 is 0 Å². The highest BCUT2D eigenvalue weighted by Gasteiger charge is 2.23. The number of hydrogen-bond acceptors (Lipinski definition) is 5. The van der Waals surface area contributed by atoms with Crippen molar-refractivity contribution < 1.29 is 17.2 Å². The molecule has 3 N–H and O–H groups in total. The number of aromatic nitrogens is 2. The van der Waals surface area contributed by atoms with Gasteiger partial charge in [0.05, 0.1) is 21.8 Å². The largest absolute Gasteiger partial charge is 0.368 e. The number of benzene rings is 3. The van der Waals surface area contributed by atoms with E-state index in [0.29, 0.717) is 10.9 Å². The molecule has 0 radical (unpaired) electrons. The topological polar surface area (TPSA) is 98.0 Å². The Hall–Kier alpha value is -3.01. The van der Waals surface area contributed by atoms with Gasteiger partial charge in [0.25, 0.3) is 10.0 Å². The van der Waals surface area contributed by atoms with Gasteiger partial charge in [-0.1, -0.05) is 35.3 Å². The van der Waals surface area contributed by atoms with Crippen molar-refractivity contribution in [2.24, 2.45) is 0 Å². The van der Waals surface area contributed by atoms with E-state index in [2.05, 4.69) is 14.7 Å². The molecule has 0 fully saturated rings. The van der Waals surface area contributed by atoms with Crippen molar-refractivity contribution in [1.29, 1.82) is 0 Å². The smallest absolute Gasteiger partial charge is 0.263 e. The molecule has 4 rings (SSSR count). The number of hydrogen-bond donors (Lipinski definition) is 2. The maximum Gasteiger partial charge on any atom is 0.263 e. The predicted octanol–water partition coefficient (Wildman–Crippen LogP) is 5.26. The molecular formula is C20H12Cl2F2N4O2S. The summed E-state index contributed by atoms with van der Waals surface area (Å²) in [6.45, 7) is 0.